The minimum absolute atomic E-state index is 0.0390. The maximum Gasteiger partial charge on any atom is 0.479 e. The molecule has 0 aliphatic carbocycles. The Morgan fingerprint density at radius 1 is 1.19 bits per heavy atom. The summed E-state index contributed by atoms with van der Waals surface area (Å²) in [6.45, 7) is 3.51. The lowest BCUT2D eigenvalue weighted by Crippen LogP contribution is -2.41. The van der Waals surface area contributed by atoms with E-state index in [-0.39, 0.29) is 18.2 Å². The Kier molecular flexibility index (Phi) is 3.15. The number of aromatic nitrogens is 4. The molecular formula is C7H9F5N4. The van der Waals surface area contributed by atoms with Crippen molar-refractivity contribution in [2.75, 3.05) is 0 Å². The number of hydrogen-bond acceptors (Lipinski definition) is 3. The average Bonchev–Trinajstić information content (AvgIpc) is 2.49. The van der Waals surface area contributed by atoms with Crippen molar-refractivity contribution in [2.24, 2.45) is 5.92 Å². The normalized spacial score (nSPS) is 13.5. The second-order valence-corrected chi connectivity index (χ2v) is 3.63. The summed E-state index contributed by atoms with van der Waals surface area (Å²) in [5, 5.41) is 8.86. The average molecular weight is 244 g/mol. The van der Waals surface area contributed by atoms with Crippen LogP contribution in [0.4, 0.5) is 22.0 Å². The summed E-state index contributed by atoms with van der Waals surface area (Å²) in [7, 11) is 0. The highest BCUT2D eigenvalue weighted by atomic mass is 19.4. The highest BCUT2D eigenvalue weighted by molar-refractivity contribution is 4.80. The Morgan fingerprint density at radius 2 is 1.75 bits per heavy atom. The molecular weight excluding hydrogens is 235 g/mol. The number of halogens is 5. The van der Waals surface area contributed by atoms with Crippen molar-refractivity contribution in [2.45, 2.75) is 32.5 Å². The number of nitrogens with zero attached hydrogens (tertiary/aromatic N) is 4. The third-order valence-electron chi connectivity index (χ3n) is 1.64. The van der Waals surface area contributed by atoms with Crippen LogP contribution in [0, 0.1) is 5.92 Å². The van der Waals surface area contributed by atoms with Crippen LogP contribution in [0.15, 0.2) is 0 Å². The predicted molar refractivity (Wildman–Crippen MR) is 42.6 cm³/mol. The van der Waals surface area contributed by atoms with Gasteiger partial charge in [0.2, 0.25) is 0 Å². The summed E-state index contributed by atoms with van der Waals surface area (Å²) in [4.78, 5) is -0.704. The molecule has 0 N–H and O–H groups in total. The Labute approximate surface area is 87.4 Å². The van der Waals surface area contributed by atoms with Gasteiger partial charge in [-0.1, -0.05) is 18.6 Å². The molecule has 0 fully saturated rings. The zero-order valence-electron chi connectivity index (χ0n) is 8.46. The van der Waals surface area contributed by atoms with E-state index in [1.807, 2.05) is 0 Å². The van der Waals surface area contributed by atoms with Crippen LogP contribution in [0.25, 0.3) is 0 Å². The van der Waals surface area contributed by atoms with Crippen molar-refractivity contribution in [1.29, 1.82) is 0 Å². The van der Waals surface area contributed by atoms with Crippen LogP contribution in [-0.2, 0) is 12.5 Å². The number of rotatable bonds is 3. The maximum atomic E-state index is 12.7. The quantitative estimate of drug-likeness (QED) is 0.763. The van der Waals surface area contributed by atoms with E-state index >= 15 is 0 Å². The molecule has 1 aromatic rings. The molecule has 16 heavy (non-hydrogen) atoms. The van der Waals surface area contributed by atoms with Crippen LogP contribution >= 0.6 is 0 Å². The molecule has 1 heterocycles. The zero-order chi connectivity index (χ0) is 12.6. The topological polar surface area (TPSA) is 43.6 Å². The Balaban J connectivity index is 2.93. The molecule has 4 nitrogen and oxygen atoms in total. The lowest BCUT2D eigenvalue weighted by Gasteiger charge is -2.16. The van der Waals surface area contributed by atoms with Gasteiger partial charge in [0.25, 0.3) is 0 Å². The third kappa shape index (κ3) is 2.45. The van der Waals surface area contributed by atoms with Crippen molar-refractivity contribution < 1.29 is 22.0 Å². The largest absolute Gasteiger partial charge is 0.479 e. The van der Waals surface area contributed by atoms with E-state index in [2.05, 4.69) is 15.4 Å². The van der Waals surface area contributed by atoms with Gasteiger partial charge in [-0.15, -0.1) is 10.2 Å². The van der Waals surface area contributed by atoms with E-state index in [1.54, 1.807) is 13.8 Å². The third-order valence-corrected chi connectivity index (χ3v) is 1.64. The molecule has 0 unspecified atom stereocenters. The highest BCUT2D eigenvalue weighted by Crippen LogP contribution is 2.38. The van der Waals surface area contributed by atoms with Gasteiger partial charge >= 0.3 is 12.2 Å². The Morgan fingerprint density at radius 3 is 2.19 bits per heavy atom. The van der Waals surface area contributed by atoms with Gasteiger partial charge in [0.05, 0.1) is 0 Å². The van der Waals surface area contributed by atoms with Crippen LogP contribution in [0.1, 0.15) is 19.7 Å². The van der Waals surface area contributed by atoms with Gasteiger partial charge in [-0.3, -0.25) is 0 Å². The van der Waals surface area contributed by atoms with Crippen LogP contribution in [-0.4, -0.2) is 26.4 Å². The molecule has 0 saturated carbocycles. The van der Waals surface area contributed by atoms with Crippen LogP contribution in [0.5, 0.6) is 0 Å². The summed E-state index contributed by atoms with van der Waals surface area (Å²) in [5.41, 5.74) is 0. The fourth-order valence-corrected chi connectivity index (χ4v) is 0.922. The van der Waals surface area contributed by atoms with Crippen LogP contribution in [0.2, 0.25) is 0 Å². The molecule has 0 atom stereocenters. The first kappa shape index (κ1) is 12.8. The highest BCUT2D eigenvalue weighted by Gasteiger charge is 2.61. The summed E-state index contributed by atoms with van der Waals surface area (Å²) >= 11 is 0. The molecule has 0 aliphatic heterocycles. The first-order chi connectivity index (χ1) is 7.14. The molecule has 9 heteroatoms. The smallest absolute Gasteiger partial charge is 0.169 e. The molecule has 0 amide bonds. The van der Waals surface area contributed by atoms with Crippen molar-refractivity contribution >= 4 is 0 Å². The van der Waals surface area contributed by atoms with Gasteiger partial charge in [0.15, 0.2) is 5.82 Å². The molecule has 0 bridgehead atoms. The molecule has 0 saturated heterocycles. The van der Waals surface area contributed by atoms with Crippen molar-refractivity contribution in [3.63, 3.8) is 0 Å². The summed E-state index contributed by atoms with van der Waals surface area (Å²) in [5.74, 6) is -0.101. The van der Waals surface area contributed by atoms with Gasteiger partial charge in [0, 0.05) is 6.42 Å². The Bertz CT molecular complexity index is 356. The molecule has 0 radical (unpaired) electrons. The fourth-order valence-electron chi connectivity index (χ4n) is 0.922. The molecule has 1 aromatic heterocycles. The lowest BCUT2D eigenvalue weighted by molar-refractivity contribution is -0.333. The zero-order valence-corrected chi connectivity index (χ0v) is 8.46. The van der Waals surface area contributed by atoms with Gasteiger partial charge in [-0.25, -0.2) is 0 Å². The number of hydrogen-bond donors (Lipinski definition) is 0. The van der Waals surface area contributed by atoms with E-state index in [4.69, 9.17) is 0 Å². The van der Waals surface area contributed by atoms with Crippen LogP contribution in [0.3, 0.4) is 0 Å². The van der Waals surface area contributed by atoms with E-state index in [0.29, 0.717) is 0 Å². The summed E-state index contributed by atoms with van der Waals surface area (Å²) in [6.07, 6.45) is -5.54. The van der Waals surface area contributed by atoms with E-state index in [1.165, 1.54) is 0 Å². The molecule has 0 spiro atoms. The fraction of sp³-hybridized carbons (Fsp3) is 0.857. The van der Waals surface area contributed by atoms with E-state index in [0.717, 1.165) is 0 Å². The molecule has 92 valence electrons. The second-order valence-electron chi connectivity index (χ2n) is 3.63. The van der Waals surface area contributed by atoms with Gasteiger partial charge in [-0.05, 0) is 11.1 Å². The maximum absolute atomic E-state index is 12.7. The van der Waals surface area contributed by atoms with Crippen molar-refractivity contribution in [3.8, 4) is 0 Å². The number of alkyl halides is 5. The molecule has 0 aromatic carbocycles. The van der Waals surface area contributed by atoms with Crippen molar-refractivity contribution in [3.05, 3.63) is 5.82 Å². The van der Waals surface area contributed by atoms with Gasteiger partial charge < -0.3 is 0 Å². The minimum atomic E-state index is -5.73. The first-order valence-electron chi connectivity index (χ1n) is 4.38. The minimum Gasteiger partial charge on any atom is -0.169 e. The van der Waals surface area contributed by atoms with Gasteiger partial charge in [0.1, 0.15) is 0 Å². The molecule has 0 aliphatic rings. The summed E-state index contributed by atoms with van der Waals surface area (Å²) < 4.78 is 61.1. The standard InChI is InChI=1S/C7H9F5N4/c1-4(2)3-5-13-15-16(14-5)7(11,12)6(8,9)10/h4H,3H2,1-2H3. The van der Waals surface area contributed by atoms with Crippen LogP contribution < -0.4 is 0 Å². The molecule has 1 rings (SSSR count). The van der Waals surface area contributed by atoms with E-state index < -0.39 is 17.0 Å². The van der Waals surface area contributed by atoms with Crippen molar-refractivity contribution in [1.82, 2.24) is 20.2 Å². The summed E-state index contributed by atoms with van der Waals surface area (Å²) in [6, 6.07) is -5.13. The lowest BCUT2D eigenvalue weighted by atomic mass is 10.1. The Hall–Kier alpha value is -1.28. The van der Waals surface area contributed by atoms with E-state index in [9.17, 15) is 22.0 Å². The number of tetrazole rings is 1. The van der Waals surface area contributed by atoms with Gasteiger partial charge in [-0.2, -0.15) is 22.0 Å². The SMILES string of the molecule is CC(C)Cc1nnn(C(F)(F)C(F)(F)F)n1. The first-order valence-corrected chi connectivity index (χ1v) is 4.38. The second kappa shape index (κ2) is 3.95. The predicted octanol–water partition coefficient (Wildman–Crippen LogP) is 1.98. The monoisotopic (exact) mass is 244 g/mol.